The van der Waals surface area contributed by atoms with Gasteiger partial charge in [-0.3, -0.25) is 9.59 Å². The molecule has 3 aromatic rings. The van der Waals surface area contributed by atoms with Crippen molar-refractivity contribution in [3.05, 3.63) is 47.5 Å². The van der Waals surface area contributed by atoms with Crippen LogP contribution in [0.4, 0.5) is 0 Å². The van der Waals surface area contributed by atoms with E-state index in [1.54, 1.807) is 36.4 Å². The van der Waals surface area contributed by atoms with Crippen LogP contribution in [0.1, 0.15) is 34.6 Å². The van der Waals surface area contributed by atoms with Crippen LogP contribution >= 0.6 is 0 Å². The molecule has 3 rings (SSSR count). The number of fused-ring (bicyclic) bond motifs is 3. The smallest absolute Gasteiger partial charge is 0.150 e. The van der Waals surface area contributed by atoms with Gasteiger partial charge in [0.2, 0.25) is 0 Å². The predicted octanol–water partition coefficient (Wildman–Crippen LogP) is 4.24. The second kappa shape index (κ2) is 5.48. The highest BCUT2D eigenvalue weighted by Crippen LogP contribution is 2.29. The van der Waals surface area contributed by atoms with Gasteiger partial charge < -0.3 is 4.42 Å². The van der Waals surface area contributed by atoms with Crippen molar-refractivity contribution in [2.45, 2.75) is 13.8 Å². The van der Waals surface area contributed by atoms with Crippen molar-refractivity contribution in [3.8, 4) is 0 Å². The average Bonchev–Trinajstić information content (AvgIpc) is 2.85. The van der Waals surface area contributed by atoms with E-state index in [-0.39, 0.29) is 0 Å². The van der Waals surface area contributed by atoms with Gasteiger partial charge in [0.25, 0.3) is 0 Å². The summed E-state index contributed by atoms with van der Waals surface area (Å²) in [6.45, 7) is 4.00. The van der Waals surface area contributed by atoms with Crippen LogP contribution in [0, 0.1) is 0 Å². The van der Waals surface area contributed by atoms with Gasteiger partial charge in [0.1, 0.15) is 23.7 Å². The topological polar surface area (TPSA) is 47.3 Å². The molecule has 0 fully saturated rings. The molecule has 96 valence electrons. The van der Waals surface area contributed by atoms with Crippen molar-refractivity contribution in [1.82, 2.24) is 0 Å². The molecular weight excluding hydrogens is 240 g/mol. The number of furan rings is 1. The largest absolute Gasteiger partial charge is 0.456 e. The number of hydrogen-bond donors (Lipinski definition) is 0. The molecule has 0 aliphatic rings. The third kappa shape index (κ3) is 2.27. The summed E-state index contributed by atoms with van der Waals surface area (Å²) < 4.78 is 5.62. The Morgan fingerprint density at radius 1 is 0.789 bits per heavy atom. The first-order valence-corrected chi connectivity index (χ1v) is 6.18. The Kier molecular flexibility index (Phi) is 3.76. The summed E-state index contributed by atoms with van der Waals surface area (Å²) in [6.07, 6.45) is 1.59. The minimum absolute atomic E-state index is 0.594. The van der Waals surface area contributed by atoms with Crippen molar-refractivity contribution in [1.29, 1.82) is 0 Å². The zero-order valence-corrected chi connectivity index (χ0v) is 10.8. The lowest BCUT2D eigenvalue weighted by Gasteiger charge is -1.92. The highest BCUT2D eigenvalue weighted by molar-refractivity contribution is 6.07. The van der Waals surface area contributed by atoms with Gasteiger partial charge in [-0.1, -0.05) is 13.8 Å². The van der Waals surface area contributed by atoms with Crippen molar-refractivity contribution in [2.75, 3.05) is 0 Å². The maximum Gasteiger partial charge on any atom is 0.150 e. The normalized spacial score (nSPS) is 10.0. The maximum absolute atomic E-state index is 10.7. The van der Waals surface area contributed by atoms with E-state index in [1.165, 1.54) is 0 Å². The summed E-state index contributed by atoms with van der Waals surface area (Å²) in [5, 5.41) is 1.71. The molecule has 0 N–H and O–H groups in total. The zero-order chi connectivity index (χ0) is 13.8. The van der Waals surface area contributed by atoms with Gasteiger partial charge in [-0.15, -0.1) is 0 Å². The Morgan fingerprint density at radius 3 is 1.58 bits per heavy atom. The van der Waals surface area contributed by atoms with E-state index in [0.29, 0.717) is 22.3 Å². The maximum atomic E-state index is 10.7. The van der Waals surface area contributed by atoms with E-state index in [1.807, 2.05) is 13.8 Å². The second-order valence-corrected chi connectivity index (χ2v) is 3.85. The Labute approximate surface area is 110 Å². The molecule has 19 heavy (non-hydrogen) atoms. The molecule has 0 aliphatic heterocycles. The number of benzene rings is 2. The Morgan fingerprint density at radius 2 is 1.21 bits per heavy atom. The van der Waals surface area contributed by atoms with E-state index in [2.05, 4.69) is 0 Å². The lowest BCUT2D eigenvalue weighted by Crippen LogP contribution is -1.79. The highest BCUT2D eigenvalue weighted by Gasteiger charge is 2.07. The van der Waals surface area contributed by atoms with Crippen LogP contribution < -0.4 is 0 Å². The summed E-state index contributed by atoms with van der Waals surface area (Å²) >= 11 is 0. The first-order valence-electron chi connectivity index (χ1n) is 6.18. The van der Waals surface area contributed by atoms with Gasteiger partial charge in [0, 0.05) is 21.9 Å². The number of aldehydes is 2. The van der Waals surface area contributed by atoms with Crippen LogP contribution in [0.3, 0.4) is 0 Å². The van der Waals surface area contributed by atoms with Crippen molar-refractivity contribution in [3.63, 3.8) is 0 Å². The second-order valence-electron chi connectivity index (χ2n) is 3.85. The summed E-state index contributed by atoms with van der Waals surface area (Å²) in [6, 6.07) is 10.5. The van der Waals surface area contributed by atoms with Gasteiger partial charge in [0.15, 0.2) is 0 Å². The molecule has 0 atom stereocenters. The van der Waals surface area contributed by atoms with E-state index >= 15 is 0 Å². The SMILES string of the molecule is CC.O=Cc1ccc2oc3ccc(C=O)cc3c2c1. The van der Waals surface area contributed by atoms with Crippen molar-refractivity contribution < 1.29 is 14.0 Å². The van der Waals surface area contributed by atoms with Gasteiger partial charge in [-0.2, -0.15) is 0 Å². The predicted molar refractivity (Wildman–Crippen MR) is 75.8 cm³/mol. The number of carbonyl (C=O) groups is 2. The summed E-state index contributed by atoms with van der Waals surface area (Å²) in [5.74, 6) is 0. The first-order chi connectivity index (χ1) is 9.31. The third-order valence-corrected chi connectivity index (χ3v) is 2.79. The van der Waals surface area contributed by atoms with Gasteiger partial charge in [-0.25, -0.2) is 0 Å². The molecule has 0 saturated heterocycles. The fraction of sp³-hybridized carbons (Fsp3) is 0.125. The molecule has 1 aromatic heterocycles. The van der Waals surface area contributed by atoms with E-state index in [9.17, 15) is 9.59 Å². The Balaban J connectivity index is 0.000000637. The molecule has 0 saturated carbocycles. The number of hydrogen-bond acceptors (Lipinski definition) is 3. The Hall–Kier alpha value is -2.42. The molecule has 0 amide bonds. The molecule has 0 aliphatic carbocycles. The highest BCUT2D eigenvalue weighted by atomic mass is 16.3. The standard InChI is InChI=1S/C14H8O3.C2H6/c15-7-9-1-3-13-11(5-9)12-6-10(8-16)2-4-14(12)17-13;1-2/h1-8H;1-2H3. The van der Waals surface area contributed by atoms with Crippen LogP contribution in [0.2, 0.25) is 0 Å². The van der Waals surface area contributed by atoms with Gasteiger partial charge in [-0.05, 0) is 36.4 Å². The fourth-order valence-electron chi connectivity index (χ4n) is 1.96. The summed E-state index contributed by atoms with van der Waals surface area (Å²) in [4.78, 5) is 21.5. The van der Waals surface area contributed by atoms with Crippen LogP contribution in [-0.2, 0) is 0 Å². The van der Waals surface area contributed by atoms with Crippen LogP contribution in [0.15, 0.2) is 40.8 Å². The van der Waals surface area contributed by atoms with Crippen LogP contribution in [0.5, 0.6) is 0 Å². The van der Waals surface area contributed by atoms with Gasteiger partial charge in [0.05, 0.1) is 0 Å². The molecule has 1 heterocycles. The molecule has 0 radical (unpaired) electrons. The summed E-state index contributed by atoms with van der Waals surface area (Å²) in [7, 11) is 0. The average molecular weight is 254 g/mol. The first kappa shape index (κ1) is 13.0. The molecule has 3 heteroatoms. The minimum atomic E-state index is 0.594. The molecule has 3 nitrogen and oxygen atoms in total. The van der Waals surface area contributed by atoms with Crippen molar-refractivity contribution >= 4 is 34.5 Å². The third-order valence-electron chi connectivity index (χ3n) is 2.79. The summed E-state index contributed by atoms with van der Waals surface area (Å²) in [5.41, 5.74) is 2.62. The number of rotatable bonds is 2. The lowest BCUT2D eigenvalue weighted by molar-refractivity contribution is 0.111. The van der Waals surface area contributed by atoms with E-state index < -0.39 is 0 Å². The quantitative estimate of drug-likeness (QED) is 0.643. The molecule has 0 bridgehead atoms. The molecule has 0 unspecified atom stereocenters. The number of carbonyl (C=O) groups excluding carboxylic acids is 2. The lowest BCUT2D eigenvalue weighted by atomic mass is 10.1. The molecular formula is C16H14O3. The van der Waals surface area contributed by atoms with E-state index in [0.717, 1.165) is 23.3 Å². The van der Waals surface area contributed by atoms with Crippen LogP contribution in [0.25, 0.3) is 21.9 Å². The minimum Gasteiger partial charge on any atom is -0.456 e. The zero-order valence-electron chi connectivity index (χ0n) is 10.8. The molecule has 0 spiro atoms. The van der Waals surface area contributed by atoms with Crippen LogP contribution in [-0.4, -0.2) is 12.6 Å². The van der Waals surface area contributed by atoms with Gasteiger partial charge >= 0.3 is 0 Å². The Bertz CT molecular complexity index is 676. The fourth-order valence-corrected chi connectivity index (χ4v) is 1.96. The molecule has 2 aromatic carbocycles. The monoisotopic (exact) mass is 254 g/mol. The van der Waals surface area contributed by atoms with E-state index in [4.69, 9.17) is 4.42 Å². The van der Waals surface area contributed by atoms with Crippen molar-refractivity contribution in [2.24, 2.45) is 0 Å².